The second-order valence-electron chi connectivity index (χ2n) is 6.72. The molecule has 1 N–H and O–H groups in total. The number of nitrogens with one attached hydrogen (secondary N) is 1. The van der Waals surface area contributed by atoms with Crippen molar-refractivity contribution in [1.29, 1.82) is 0 Å². The molecule has 1 aromatic heterocycles. The molecule has 136 valence electrons. The van der Waals surface area contributed by atoms with Crippen LogP contribution in [0.4, 0.5) is 5.82 Å². The van der Waals surface area contributed by atoms with Crippen molar-refractivity contribution in [1.82, 2.24) is 5.16 Å². The zero-order valence-electron chi connectivity index (χ0n) is 15.5. The summed E-state index contributed by atoms with van der Waals surface area (Å²) in [5.41, 5.74) is 0.295. The summed E-state index contributed by atoms with van der Waals surface area (Å²) < 4.78 is 16.5. The van der Waals surface area contributed by atoms with Gasteiger partial charge in [-0.2, -0.15) is 0 Å². The highest BCUT2D eigenvalue weighted by molar-refractivity contribution is 6.04. The van der Waals surface area contributed by atoms with Crippen LogP contribution in [-0.4, -0.2) is 24.3 Å². The van der Waals surface area contributed by atoms with Gasteiger partial charge in [0.2, 0.25) is 0 Å². The highest BCUT2D eigenvalue weighted by Gasteiger charge is 2.21. The molecule has 6 nitrogen and oxygen atoms in total. The molecule has 0 unspecified atom stereocenters. The zero-order chi connectivity index (χ0) is 18.4. The number of benzene rings is 1. The Bertz CT molecular complexity index is 716. The van der Waals surface area contributed by atoms with Crippen molar-refractivity contribution in [2.45, 2.75) is 46.5 Å². The summed E-state index contributed by atoms with van der Waals surface area (Å²) >= 11 is 0. The lowest BCUT2D eigenvalue weighted by molar-refractivity contribution is 0.102. The molecular formula is C19H26N2O4. The van der Waals surface area contributed by atoms with Crippen LogP contribution in [0.5, 0.6) is 11.5 Å². The van der Waals surface area contributed by atoms with Gasteiger partial charge in [0.05, 0.1) is 13.2 Å². The summed E-state index contributed by atoms with van der Waals surface area (Å²) in [6, 6.07) is 6.86. The second kappa shape index (κ2) is 8.05. The number of nitrogens with zero attached hydrogens (tertiary/aromatic N) is 1. The predicted octanol–water partition coefficient (Wildman–Crippen LogP) is 4.41. The first-order valence-electron chi connectivity index (χ1n) is 8.53. The minimum atomic E-state index is -0.281. The first-order valence-corrected chi connectivity index (χ1v) is 8.53. The van der Waals surface area contributed by atoms with Crippen molar-refractivity contribution < 1.29 is 18.8 Å². The molecule has 0 aliphatic rings. The molecule has 0 radical (unpaired) electrons. The van der Waals surface area contributed by atoms with E-state index in [0.29, 0.717) is 41.9 Å². The van der Waals surface area contributed by atoms with Crippen molar-refractivity contribution in [3.05, 3.63) is 35.6 Å². The van der Waals surface area contributed by atoms with E-state index < -0.39 is 0 Å². The fourth-order valence-electron chi connectivity index (χ4n) is 2.12. The van der Waals surface area contributed by atoms with Gasteiger partial charge in [-0.25, -0.2) is 0 Å². The van der Waals surface area contributed by atoms with E-state index in [1.54, 1.807) is 24.3 Å². The van der Waals surface area contributed by atoms with Gasteiger partial charge in [-0.3, -0.25) is 4.79 Å². The number of rotatable bonds is 7. The molecule has 2 aromatic rings. The maximum atomic E-state index is 12.5. The number of carbonyl (C=O) groups is 1. The molecule has 0 fully saturated rings. The quantitative estimate of drug-likeness (QED) is 0.804. The Labute approximate surface area is 148 Å². The zero-order valence-corrected chi connectivity index (χ0v) is 15.5. The first kappa shape index (κ1) is 18.8. The van der Waals surface area contributed by atoms with Crippen molar-refractivity contribution in [2.24, 2.45) is 0 Å². The van der Waals surface area contributed by atoms with E-state index >= 15 is 0 Å². The lowest BCUT2D eigenvalue weighted by Crippen LogP contribution is -2.13. The van der Waals surface area contributed by atoms with Crippen LogP contribution >= 0.6 is 0 Å². The van der Waals surface area contributed by atoms with Crippen LogP contribution in [0, 0.1) is 0 Å². The summed E-state index contributed by atoms with van der Waals surface area (Å²) in [5, 5.41) is 6.64. The Morgan fingerprint density at radius 1 is 1.16 bits per heavy atom. The van der Waals surface area contributed by atoms with E-state index in [1.807, 2.05) is 34.6 Å². The molecule has 0 bridgehead atoms. The minimum Gasteiger partial charge on any atom is -0.490 e. The van der Waals surface area contributed by atoms with Crippen molar-refractivity contribution in [3.8, 4) is 11.5 Å². The Morgan fingerprint density at radius 2 is 1.92 bits per heavy atom. The Balaban J connectivity index is 2.15. The number of ether oxygens (including phenoxy) is 2. The topological polar surface area (TPSA) is 73.6 Å². The molecule has 25 heavy (non-hydrogen) atoms. The van der Waals surface area contributed by atoms with Gasteiger partial charge in [-0.15, -0.1) is 0 Å². The molecule has 1 amide bonds. The minimum absolute atomic E-state index is 0.170. The van der Waals surface area contributed by atoms with Crippen LogP contribution in [0.1, 0.15) is 57.2 Å². The molecule has 0 aliphatic carbocycles. The third-order valence-corrected chi connectivity index (χ3v) is 3.46. The third-order valence-electron chi connectivity index (χ3n) is 3.46. The second-order valence-corrected chi connectivity index (χ2v) is 6.72. The van der Waals surface area contributed by atoms with Crippen molar-refractivity contribution in [2.75, 3.05) is 18.5 Å². The van der Waals surface area contributed by atoms with E-state index in [-0.39, 0.29) is 11.3 Å². The number of anilines is 1. The van der Waals surface area contributed by atoms with Crippen molar-refractivity contribution >= 4 is 11.7 Å². The first-order chi connectivity index (χ1) is 11.8. The normalized spacial score (nSPS) is 11.2. The van der Waals surface area contributed by atoms with Gasteiger partial charge < -0.3 is 19.3 Å². The van der Waals surface area contributed by atoms with E-state index in [4.69, 9.17) is 14.0 Å². The molecule has 1 aromatic carbocycles. The number of carbonyl (C=O) groups excluding carboxylic acids is 1. The Morgan fingerprint density at radius 3 is 2.52 bits per heavy atom. The van der Waals surface area contributed by atoms with Crippen molar-refractivity contribution in [3.63, 3.8) is 0 Å². The van der Waals surface area contributed by atoms with Gasteiger partial charge in [0.15, 0.2) is 17.3 Å². The highest BCUT2D eigenvalue weighted by atomic mass is 16.5. The summed E-state index contributed by atoms with van der Waals surface area (Å²) in [5.74, 6) is 2.01. The average Bonchev–Trinajstić information content (AvgIpc) is 3.02. The third kappa shape index (κ3) is 4.98. The van der Waals surface area contributed by atoms with Gasteiger partial charge in [0, 0.05) is 17.0 Å². The van der Waals surface area contributed by atoms with Gasteiger partial charge in [-0.1, -0.05) is 32.9 Å². The van der Waals surface area contributed by atoms with Gasteiger partial charge in [0.1, 0.15) is 5.76 Å². The molecule has 6 heteroatoms. The van der Waals surface area contributed by atoms with Crippen LogP contribution in [-0.2, 0) is 5.41 Å². The predicted molar refractivity (Wildman–Crippen MR) is 96.6 cm³/mol. The maximum Gasteiger partial charge on any atom is 0.257 e. The van der Waals surface area contributed by atoms with Gasteiger partial charge >= 0.3 is 0 Å². The lowest BCUT2D eigenvalue weighted by atomic mass is 9.93. The van der Waals surface area contributed by atoms with Crippen LogP contribution in [0.25, 0.3) is 0 Å². The molecule has 2 rings (SSSR count). The number of hydrogen-bond donors (Lipinski definition) is 1. The van der Waals surface area contributed by atoms with E-state index in [9.17, 15) is 4.79 Å². The molecular weight excluding hydrogens is 320 g/mol. The molecule has 0 spiro atoms. The van der Waals surface area contributed by atoms with Crippen LogP contribution in [0.2, 0.25) is 0 Å². The largest absolute Gasteiger partial charge is 0.490 e. The molecule has 0 saturated carbocycles. The van der Waals surface area contributed by atoms with Gasteiger partial charge in [-0.05, 0) is 31.5 Å². The fraction of sp³-hybridized carbons (Fsp3) is 0.474. The number of amides is 1. The maximum absolute atomic E-state index is 12.5. The molecule has 0 atom stereocenters. The standard InChI is InChI=1S/C19H26N2O4/c1-6-10-24-14-9-8-13(11-15(14)23-7-2)18(22)20-17-12-16(25-21-17)19(3,4)5/h8-9,11-12H,6-7,10H2,1-5H3,(H,20,21,22). The van der Waals surface area contributed by atoms with E-state index in [0.717, 1.165) is 6.42 Å². The molecule has 0 aliphatic heterocycles. The Kier molecular flexibility index (Phi) is 6.07. The summed E-state index contributed by atoms with van der Waals surface area (Å²) in [6.45, 7) is 11.1. The molecule has 0 saturated heterocycles. The summed E-state index contributed by atoms with van der Waals surface area (Å²) in [7, 11) is 0. The van der Waals surface area contributed by atoms with Gasteiger partial charge in [0.25, 0.3) is 5.91 Å². The van der Waals surface area contributed by atoms with Crippen LogP contribution in [0.15, 0.2) is 28.8 Å². The fourth-order valence-corrected chi connectivity index (χ4v) is 2.12. The summed E-state index contributed by atoms with van der Waals surface area (Å²) in [6.07, 6.45) is 0.899. The monoisotopic (exact) mass is 346 g/mol. The Hall–Kier alpha value is -2.50. The van der Waals surface area contributed by atoms with E-state index in [2.05, 4.69) is 10.5 Å². The highest BCUT2D eigenvalue weighted by Crippen LogP contribution is 2.29. The van der Waals surface area contributed by atoms with Crippen LogP contribution < -0.4 is 14.8 Å². The SMILES string of the molecule is CCCOc1ccc(C(=O)Nc2cc(C(C)(C)C)on2)cc1OCC. The molecule has 1 heterocycles. The number of hydrogen-bond acceptors (Lipinski definition) is 5. The van der Waals surface area contributed by atoms with E-state index in [1.165, 1.54) is 0 Å². The summed E-state index contributed by atoms with van der Waals surface area (Å²) in [4.78, 5) is 12.5. The smallest absolute Gasteiger partial charge is 0.257 e. The van der Waals surface area contributed by atoms with Crippen LogP contribution in [0.3, 0.4) is 0 Å². The number of aromatic nitrogens is 1. The lowest BCUT2D eigenvalue weighted by Gasteiger charge is -2.13. The average molecular weight is 346 g/mol.